The molecule has 2 unspecified atom stereocenters. The third kappa shape index (κ3) is 6.13. The van der Waals surface area contributed by atoms with Crippen LogP contribution in [0.4, 0.5) is 0 Å². The van der Waals surface area contributed by atoms with E-state index in [0.717, 1.165) is 30.2 Å². The van der Waals surface area contributed by atoms with Gasteiger partial charge in [-0.25, -0.2) is 4.98 Å². The molecule has 2 heterocycles. The Morgan fingerprint density at radius 2 is 2.23 bits per heavy atom. The molecule has 0 aliphatic carbocycles. The van der Waals surface area contributed by atoms with Crippen LogP contribution < -0.4 is 15.4 Å². The van der Waals surface area contributed by atoms with Gasteiger partial charge in [-0.05, 0) is 44.0 Å². The van der Waals surface area contributed by atoms with Gasteiger partial charge in [0.05, 0.1) is 10.7 Å². The molecule has 0 radical (unpaired) electrons. The Labute approximate surface area is 170 Å². The third-order valence-electron chi connectivity index (χ3n) is 4.29. The minimum Gasteiger partial charge on any atom is -0.487 e. The summed E-state index contributed by atoms with van der Waals surface area (Å²) < 4.78 is 5.76. The monoisotopic (exact) mass is 417 g/mol. The SMILES string of the molecule is Cc1nc(COc2cccc(C(=O)NC3CNCCC3C)c2)cs1.Cl.Cl. The lowest BCUT2D eigenvalue weighted by Crippen LogP contribution is -2.50. The van der Waals surface area contributed by atoms with E-state index in [0.29, 0.717) is 23.8 Å². The second kappa shape index (κ2) is 10.7. The molecule has 2 aromatic rings. The van der Waals surface area contributed by atoms with Crippen LogP contribution in [0.2, 0.25) is 0 Å². The molecule has 2 N–H and O–H groups in total. The van der Waals surface area contributed by atoms with Crippen molar-refractivity contribution in [1.29, 1.82) is 0 Å². The Balaban J connectivity index is 0.00000169. The molecular weight excluding hydrogens is 393 g/mol. The van der Waals surface area contributed by atoms with Crippen LogP contribution in [-0.2, 0) is 6.61 Å². The molecule has 1 aliphatic heterocycles. The molecule has 1 fully saturated rings. The van der Waals surface area contributed by atoms with Crippen LogP contribution in [0.25, 0.3) is 0 Å². The predicted octanol–water partition coefficient (Wildman–Crippen LogP) is 3.60. The summed E-state index contributed by atoms with van der Waals surface area (Å²) in [6.07, 6.45) is 1.08. The van der Waals surface area contributed by atoms with Gasteiger partial charge in [-0.2, -0.15) is 0 Å². The number of carbonyl (C=O) groups excluding carboxylic acids is 1. The van der Waals surface area contributed by atoms with Crippen molar-refractivity contribution in [3.05, 3.63) is 45.9 Å². The fraction of sp³-hybridized carbons (Fsp3) is 0.444. The number of aryl methyl sites for hydroxylation is 1. The average molecular weight is 418 g/mol. The maximum absolute atomic E-state index is 12.5. The van der Waals surface area contributed by atoms with Gasteiger partial charge in [-0.3, -0.25) is 4.79 Å². The van der Waals surface area contributed by atoms with E-state index in [-0.39, 0.29) is 36.8 Å². The number of hydrogen-bond acceptors (Lipinski definition) is 5. The second-order valence-corrected chi connectivity index (χ2v) is 7.29. The molecule has 8 heteroatoms. The summed E-state index contributed by atoms with van der Waals surface area (Å²) in [5, 5.41) is 9.46. The first-order chi connectivity index (χ1) is 11.6. The molecule has 1 amide bonds. The molecule has 0 saturated carbocycles. The number of nitrogens with zero attached hydrogens (tertiary/aromatic N) is 1. The number of halogens is 2. The molecule has 26 heavy (non-hydrogen) atoms. The highest BCUT2D eigenvalue weighted by Crippen LogP contribution is 2.17. The number of aromatic nitrogens is 1. The summed E-state index contributed by atoms with van der Waals surface area (Å²) in [6.45, 7) is 6.42. The molecule has 5 nitrogen and oxygen atoms in total. The number of rotatable bonds is 5. The minimum atomic E-state index is -0.0505. The van der Waals surface area contributed by atoms with Gasteiger partial charge in [0, 0.05) is 23.5 Å². The Morgan fingerprint density at radius 1 is 1.42 bits per heavy atom. The van der Waals surface area contributed by atoms with Gasteiger partial charge < -0.3 is 15.4 Å². The highest BCUT2D eigenvalue weighted by atomic mass is 35.5. The van der Waals surface area contributed by atoms with Crippen LogP contribution in [-0.4, -0.2) is 30.0 Å². The van der Waals surface area contributed by atoms with Crippen LogP contribution in [0.1, 0.15) is 34.4 Å². The number of nitrogens with one attached hydrogen (secondary N) is 2. The Kier molecular flexibility index (Phi) is 9.36. The first-order valence-corrected chi connectivity index (χ1v) is 9.15. The normalized spacial score (nSPS) is 19.0. The first-order valence-electron chi connectivity index (χ1n) is 8.27. The van der Waals surface area contributed by atoms with E-state index in [2.05, 4.69) is 22.5 Å². The molecule has 1 aliphatic rings. The quantitative estimate of drug-likeness (QED) is 0.779. The van der Waals surface area contributed by atoms with E-state index in [1.165, 1.54) is 0 Å². The summed E-state index contributed by atoms with van der Waals surface area (Å²) in [4.78, 5) is 16.9. The lowest BCUT2D eigenvalue weighted by atomic mass is 9.94. The van der Waals surface area contributed by atoms with Crippen molar-refractivity contribution >= 4 is 42.1 Å². The van der Waals surface area contributed by atoms with Crippen molar-refractivity contribution in [2.75, 3.05) is 13.1 Å². The van der Waals surface area contributed by atoms with E-state index in [1.807, 2.05) is 30.5 Å². The standard InChI is InChI=1S/C18H23N3O2S.2ClH/c1-12-6-7-19-9-17(12)21-18(22)14-4-3-5-16(8-14)23-10-15-11-24-13(2)20-15;;/h3-5,8,11-12,17,19H,6-7,9-10H2,1-2H3,(H,21,22);2*1H. The molecule has 3 rings (SSSR count). The molecule has 0 spiro atoms. The van der Waals surface area contributed by atoms with Gasteiger partial charge in [0.2, 0.25) is 0 Å². The van der Waals surface area contributed by atoms with Crippen LogP contribution in [0.5, 0.6) is 5.75 Å². The zero-order valence-corrected chi connectivity index (χ0v) is 17.3. The van der Waals surface area contributed by atoms with Gasteiger partial charge in [0.1, 0.15) is 12.4 Å². The lowest BCUT2D eigenvalue weighted by Gasteiger charge is -2.30. The van der Waals surface area contributed by atoms with Crippen LogP contribution >= 0.6 is 36.2 Å². The third-order valence-corrected chi connectivity index (χ3v) is 5.12. The van der Waals surface area contributed by atoms with E-state index in [4.69, 9.17) is 4.74 Å². The highest BCUT2D eigenvalue weighted by molar-refractivity contribution is 7.09. The minimum absolute atomic E-state index is 0. The van der Waals surface area contributed by atoms with Crippen LogP contribution in [0.15, 0.2) is 29.6 Å². The van der Waals surface area contributed by atoms with Crippen LogP contribution in [0, 0.1) is 12.8 Å². The molecule has 2 atom stereocenters. The predicted molar refractivity (Wildman–Crippen MR) is 110 cm³/mol. The van der Waals surface area contributed by atoms with Crippen molar-refractivity contribution in [3.63, 3.8) is 0 Å². The topological polar surface area (TPSA) is 63.2 Å². The zero-order valence-electron chi connectivity index (χ0n) is 14.9. The van der Waals surface area contributed by atoms with Crippen molar-refractivity contribution in [3.8, 4) is 5.75 Å². The van der Waals surface area contributed by atoms with E-state index >= 15 is 0 Å². The summed E-state index contributed by atoms with van der Waals surface area (Å²) >= 11 is 1.61. The number of thiazole rings is 1. The van der Waals surface area contributed by atoms with E-state index < -0.39 is 0 Å². The average Bonchev–Trinajstić information content (AvgIpc) is 3.01. The zero-order chi connectivity index (χ0) is 16.9. The summed E-state index contributed by atoms with van der Waals surface area (Å²) in [5.41, 5.74) is 1.54. The molecule has 1 aromatic heterocycles. The summed E-state index contributed by atoms with van der Waals surface area (Å²) in [6, 6.07) is 7.49. The molecule has 0 bridgehead atoms. The number of carbonyl (C=O) groups is 1. The van der Waals surface area contributed by atoms with Gasteiger partial charge in [-0.1, -0.05) is 13.0 Å². The summed E-state index contributed by atoms with van der Waals surface area (Å²) in [5.74, 6) is 1.12. The van der Waals surface area contributed by atoms with Crippen molar-refractivity contribution in [1.82, 2.24) is 15.6 Å². The van der Waals surface area contributed by atoms with Crippen molar-refractivity contribution in [2.24, 2.45) is 5.92 Å². The smallest absolute Gasteiger partial charge is 0.251 e. The van der Waals surface area contributed by atoms with Gasteiger partial charge in [0.25, 0.3) is 5.91 Å². The summed E-state index contributed by atoms with van der Waals surface area (Å²) in [7, 11) is 0. The highest BCUT2D eigenvalue weighted by Gasteiger charge is 2.23. The molecular formula is C18H25Cl2N3O2S. The lowest BCUT2D eigenvalue weighted by molar-refractivity contribution is 0.0914. The van der Waals surface area contributed by atoms with E-state index in [1.54, 1.807) is 17.4 Å². The Hall–Kier alpha value is -1.34. The number of amides is 1. The fourth-order valence-electron chi connectivity index (χ4n) is 2.79. The maximum atomic E-state index is 12.5. The van der Waals surface area contributed by atoms with Crippen molar-refractivity contribution in [2.45, 2.75) is 32.9 Å². The number of hydrogen-bond donors (Lipinski definition) is 2. The van der Waals surface area contributed by atoms with Crippen LogP contribution in [0.3, 0.4) is 0 Å². The van der Waals surface area contributed by atoms with Crippen molar-refractivity contribution < 1.29 is 9.53 Å². The number of piperidine rings is 1. The number of ether oxygens (including phenoxy) is 1. The Bertz CT molecular complexity index is 711. The maximum Gasteiger partial charge on any atom is 0.251 e. The second-order valence-electron chi connectivity index (χ2n) is 6.22. The molecule has 1 saturated heterocycles. The molecule has 144 valence electrons. The first kappa shape index (κ1) is 22.7. The Morgan fingerprint density at radius 3 is 2.92 bits per heavy atom. The largest absolute Gasteiger partial charge is 0.487 e. The molecule has 1 aromatic carbocycles. The fourth-order valence-corrected chi connectivity index (χ4v) is 3.39. The van der Waals surface area contributed by atoms with Gasteiger partial charge >= 0.3 is 0 Å². The number of benzene rings is 1. The van der Waals surface area contributed by atoms with Gasteiger partial charge in [-0.15, -0.1) is 36.2 Å². The van der Waals surface area contributed by atoms with Gasteiger partial charge in [0.15, 0.2) is 0 Å². The van der Waals surface area contributed by atoms with E-state index in [9.17, 15) is 4.79 Å².